The van der Waals surface area contributed by atoms with Crippen LogP contribution in [0, 0.1) is 6.92 Å². The Balaban J connectivity index is 1.78. The molecule has 1 aromatic carbocycles. The predicted molar refractivity (Wildman–Crippen MR) is 115 cm³/mol. The number of benzene rings is 1. The van der Waals surface area contributed by atoms with Crippen LogP contribution in [-0.2, 0) is 16.0 Å². The Hall–Kier alpha value is -1.68. The summed E-state index contributed by atoms with van der Waals surface area (Å²) in [6.45, 7) is 3.76. The van der Waals surface area contributed by atoms with Crippen molar-refractivity contribution in [3.63, 3.8) is 0 Å². The molecule has 0 unspecified atom stereocenters. The number of nitrogens with zero attached hydrogens (tertiary/aromatic N) is 1. The van der Waals surface area contributed by atoms with Gasteiger partial charge in [0.05, 0.1) is 0 Å². The highest BCUT2D eigenvalue weighted by Gasteiger charge is 2.37. The average molecular weight is 387 g/mol. The van der Waals surface area contributed by atoms with E-state index in [0.717, 1.165) is 51.4 Å². The Morgan fingerprint density at radius 1 is 1.04 bits per heavy atom. The van der Waals surface area contributed by atoms with Crippen LogP contribution in [0.25, 0.3) is 0 Å². The van der Waals surface area contributed by atoms with Crippen molar-refractivity contribution in [2.24, 2.45) is 0 Å². The summed E-state index contributed by atoms with van der Waals surface area (Å²) in [5.41, 5.74) is 2.88. The minimum atomic E-state index is 0.170. The monoisotopic (exact) mass is 386 g/mol. The van der Waals surface area contributed by atoms with Crippen molar-refractivity contribution in [1.82, 2.24) is 10.2 Å². The van der Waals surface area contributed by atoms with Crippen LogP contribution in [0.4, 0.5) is 0 Å². The molecule has 1 aliphatic rings. The number of hydrogen-bond acceptors (Lipinski definition) is 3. The zero-order valence-electron chi connectivity index (χ0n) is 18.2. The molecule has 1 fully saturated rings. The Kier molecular flexibility index (Phi) is 8.68. The zero-order chi connectivity index (χ0) is 20.6. The van der Waals surface area contributed by atoms with Gasteiger partial charge in [0.1, 0.15) is 5.78 Å². The maximum atomic E-state index is 12.2. The molecule has 1 saturated carbocycles. The molecule has 1 N–H and O–H groups in total. The fourth-order valence-electron chi connectivity index (χ4n) is 4.30. The number of ketones is 1. The topological polar surface area (TPSA) is 49.4 Å². The van der Waals surface area contributed by atoms with Gasteiger partial charge < -0.3 is 15.0 Å². The Morgan fingerprint density at radius 3 is 2.21 bits per heavy atom. The molecule has 0 aromatic heterocycles. The summed E-state index contributed by atoms with van der Waals surface area (Å²) >= 11 is 0. The number of unbranched alkanes of at least 4 members (excludes halogenated alkanes) is 2. The summed E-state index contributed by atoms with van der Waals surface area (Å²) in [7, 11) is 4.38. The molecule has 0 aliphatic heterocycles. The average Bonchev–Trinajstić information content (AvgIpc) is 2.64. The number of Topliss-reactive ketones (excluding diaryl/α,β-unsaturated/α-hetero) is 1. The first-order valence-corrected chi connectivity index (χ1v) is 10.8. The van der Waals surface area contributed by atoms with Crippen molar-refractivity contribution < 1.29 is 9.59 Å². The van der Waals surface area contributed by atoms with Gasteiger partial charge in [-0.2, -0.15) is 0 Å². The van der Waals surface area contributed by atoms with E-state index in [2.05, 4.69) is 55.5 Å². The predicted octanol–water partition coefficient (Wildman–Crippen LogP) is 4.44. The fraction of sp³-hybridized carbons (Fsp3) is 0.667. The standard InChI is InChI=1S/C24H38N2O2/c1-19-10-12-21(13-11-19)18-24(26(3)4)16-14-22(15-17-24)25-23(28)9-7-5-6-8-20(2)27/h10-13,22H,5-9,14-18H2,1-4H3,(H,25,28). The zero-order valence-corrected chi connectivity index (χ0v) is 18.2. The smallest absolute Gasteiger partial charge is 0.220 e. The number of amides is 1. The van der Waals surface area contributed by atoms with E-state index in [4.69, 9.17) is 0 Å². The first-order valence-electron chi connectivity index (χ1n) is 10.8. The Labute approximate surface area is 171 Å². The van der Waals surface area contributed by atoms with Crippen molar-refractivity contribution in [2.75, 3.05) is 14.1 Å². The minimum Gasteiger partial charge on any atom is -0.353 e. The number of likely N-dealkylation sites (N-methyl/N-ethyl adjacent to an activating group) is 1. The minimum absolute atomic E-state index is 0.170. The highest BCUT2D eigenvalue weighted by Crippen LogP contribution is 2.35. The molecule has 0 heterocycles. The molecule has 1 aliphatic carbocycles. The van der Waals surface area contributed by atoms with E-state index in [1.54, 1.807) is 6.92 Å². The second-order valence-corrected chi connectivity index (χ2v) is 8.89. The van der Waals surface area contributed by atoms with E-state index in [-0.39, 0.29) is 17.2 Å². The molecular formula is C24H38N2O2. The Morgan fingerprint density at radius 2 is 1.64 bits per heavy atom. The van der Waals surface area contributed by atoms with Gasteiger partial charge in [0.25, 0.3) is 0 Å². The molecule has 0 saturated heterocycles. The van der Waals surface area contributed by atoms with Gasteiger partial charge in [-0.25, -0.2) is 0 Å². The second-order valence-electron chi connectivity index (χ2n) is 8.89. The molecule has 4 nitrogen and oxygen atoms in total. The van der Waals surface area contributed by atoms with Crippen LogP contribution in [0.1, 0.15) is 75.8 Å². The third-order valence-corrected chi connectivity index (χ3v) is 6.32. The van der Waals surface area contributed by atoms with Gasteiger partial charge >= 0.3 is 0 Å². The number of hydrogen-bond donors (Lipinski definition) is 1. The van der Waals surface area contributed by atoms with Gasteiger partial charge in [-0.3, -0.25) is 4.79 Å². The maximum Gasteiger partial charge on any atom is 0.220 e. The number of nitrogens with one attached hydrogen (secondary N) is 1. The first-order chi connectivity index (χ1) is 13.3. The molecule has 0 bridgehead atoms. The lowest BCUT2D eigenvalue weighted by molar-refractivity contribution is -0.122. The summed E-state index contributed by atoms with van der Waals surface area (Å²) in [6.07, 6.45) is 9.32. The van der Waals surface area contributed by atoms with Crippen molar-refractivity contribution in [3.05, 3.63) is 35.4 Å². The van der Waals surface area contributed by atoms with Gasteiger partial charge in [-0.15, -0.1) is 0 Å². The second kappa shape index (κ2) is 10.8. The summed E-state index contributed by atoms with van der Waals surface area (Å²) in [5, 5.41) is 3.24. The van der Waals surface area contributed by atoms with Crippen LogP contribution >= 0.6 is 0 Å². The van der Waals surface area contributed by atoms with E-state index in [1.807, 2.05) is 0 Å². The number of carbonyl (C=O) groups excluding carboxylic acids is 2. The van der Waals surface area contributed by atoms with Crippen molar-refractivity contribution in [2.45, 2.75) is 89.6 Å². The molecule has 28 heavy (non-hydrogen) atoms. The molecule has 4 heteroatoms. The van der Waals surface area contributed by atoms with Crippen LogP contribution in [0.3, 0.4) is 0 Å². The van der Waals surface area contributed by atoms with Gasteiger partial charge in [0, 0.05) is 24.4 Å². The third kappa shape index (κ3) is 7.05. The molecule has 0 radical (unpaired) electrons. The fourth-order valence-corrected chi connectivity index (χ4v) is 4.30. The normalized spacial score (nSPS) is 22.2. The number of aryl methyl sites for hydroxylation is 1. The van der Waals surface area contributed by atoms with Crippen molar-refractivity contribution in [3.8, 4) is 0 Å². The molecule has 0 spiro atoms. The molecule has 156 valence electrons. The van der Waals surface area contributed by atoms with Gasteiger partial charge in [-0.05, 0) is 78.5 Å². The maximum absolute atomic E-state index is 12.2. The highest BCUT2D eigenvalue weighted by molar-refractivity contribution is 5.76. The van der Waals surface area contributed by atoms with Gasteiger partial charge in [0.2, 0.25) is 5.91 Å². The lowest BCUT2D eigenvalue weighted by Gasteiger charge is -2.45. The van der Waals surface area contributed by atoms with Crippen LogP contribution in [0.2, 0.25) is 0 Å². The van der Waals surface area contributed by atoms with E-state index < -0.39 is 0 Å². The lowest BCUT2D eigenvalue weighted by Crippen LogP contribution is -2.52. The molecular weight excluding hydrogens is 348 g/mol. The van der Waals surface area contributed by atoms with Crippen LogP contribution in [0.5, 0.6) is 0 Å². The molecule has 1 amide bonds. The van der Waals surface area contributed by atoms with Gasteiger partial charge in [0.15, 0.2) is 0 Å². The van der Waals surface area contributed by atoms with E-state index in [9.17, 15) is 9.59 Å². The van der Waals surface area contributed by atoms with Crippen LogP contribution in [0.15, 0.2) is 24.3 Å². The number of rotatable bonds is 10. The summed E-state index contributed by atoms with van der Waals surface area (Å²) < 4.78 is 0. The van der Waals surface area contributed by atoms with Crippen LogP contribution < -0.4 is 5.32 Å². The quantitative estimate of drug-likeness (QED) is 0.605. The Bertz CT molecular complexity index is 629. The highest BCUT2D eigenvalue weighted by atomic mass is 16.1. The SMILES string of the molecule is CC(=O)CCCCCC(=O)NC1CCC(Cc2ccc(C)cc2)(N(C)C)CC1. The van der Waals surface area contributed by atoms with E-state index >= 15 is 0 Å². The lowest BCUT2D eigenvalue weighted by atomic mass is 9.74. The van der Waals surface area contributed by atoms with E-state index in [0.29, 0.717) is 18.9 Å². The summed E-state index contributed by atoms with van der Waals surface area (Å²) in [6, 6.07) is 9.19. The van der Waals surface area contributed by atoms with E-state index in [1.165, 1.54) is 11.1 Å². The third-order valence-electron chi connectivity index (χ3n) is 6.32. The van der Waals surface area contributed by atoms with Gasteiger partial charge in [-0.1, -0.05) is 36.2 Å². The first kappa shape index (κ1) is 22.6. The van der Waals surface area contributed by atoms with Crippen molar-refractivity contribution >= 4 is 11.7 Å². The molecule has 0 atom stereocenters. The molecule has 1 aromatic rings. The largest absolute Gasteiger partial charge is 0.353 e. The van der Waals surface area contributed by atoms with Crippen molar-refractivity contribution in [1.29, 1.82) is 0 Å². The molecule has 2 rings (SSSR count). The summed E-state index contributed by atoms with van der Waals surface area (Å²) in [4.78, 5) is 25.6. The van der Waals surface area contributed by atoms with Crippen LogP contribution in [-0.4, -0.2) is 42.3 Å². The number of carbonyl (C=O) groups is 2. The summed E-state index contributed by atoms with van der Waals surface area (Å²) in [5.74, 6) is 0.408.